The summed E-state index contributed by atoms with van der Waals surface area (Å²) in [6.45, 7) is 3.87. The van der Waals surface area contributed by atoms with Gasteiger partial charge < -0.3 is 9.80 Å². The average Bonchev–Trinajstić information content (AvgIpc) is 2.79. The van der Waals surface area contributed by atoms with Crippen molar-refractivity contribution in [2.75, 3.05) is 45.2 Å². The predicted molar refractivity (Wildman–Crippen MR) is 119 cm³/mol. The molecule has 0 bridgehead atoms. The molecule has 1 aliphatic rings. The molecule has 0 radical (unpaired) electrons. The molecule has 3 aromatic rings. The Kier molecular flexibility index (Phi) is 6.64. The predicted octanol–water partition coefficient (Wildman–Crippen LogP) is 4.89. The first-order valence-corrected chi connectivity index (χ1v) is 10.6. The number of hydrogen-bond donors (Lipinski definition) is 0. The Morgan fingerprint density at radius 1 is 0.867 bits per heavy atom. The summed E-state index contributed by atoms with van der Waals surface area (Å²) in [5.74, 6) is 0.708. The number of nitrogens with zero attached hydrogens (tertiary/aromatic N) is 3. The number of piperazine rings is 1. The number of halogens is 1. The van der Waals surface area contributed by atoms with E-state index in [0.717, 1.165) is 71.3 Å². The summed E-state index contributed by atoms with van der Waals surface area (Å²) in [6, 6.07) is 18.7. The minimum absolute atomic E-state index is 0.237. The van der Waals surface area contributed by atoms with Gasteiger partial charge in [-0.05, 0) is 54.6 Å². The van der Waals surface area contributed by atoms with Gasteiger partial charge in [-0.2, -0.15) is 4.33 Å². The van der Waals surface area contributed by atoms with E-state index in [1.807, 2.05) is 36.4 Å². The zero-order valence-electron chi connectivity index (χ0n) is 17.0. The number of aromatic nitrogens is 1. The zero-order chi connectivity index (χ0) is 20.9. The van der Waals surface area contributed by atoms with E-state index in [4.69, 9.17) is 9.32 Å². The Morgan fingerprint density at radius 3 is 2.20 bits per heavy atom. The second-order valence-electron chi connectivity index (χ2n) is 7.24. The van der Waals surface area contributed by atoms with Gasteiger partial charge in [0, 0.05) is 36.6 Å². The molecule has 30 heavy (non-hydrogen) atoms. The molecular formula is C23H24FN3O2S. The summed E-state index contributed by atoms with van der Waals surface area (Å²) in [7, 11) is 3.62. The van der Waals surface area contributed by atoms with Crippen molar-refractivity contribution in [1.82, 2.24) is 9.88 Å². The van der Waals surface area contributed by atoms with Crippen LogP contribution in [0.25, 0.3) is 22.4 Å². The molecule has 156 valence electrons. The van der Waals surface area contributed by atoms with Crippen LogP contribution in [-0.4, -0.2) is 50.2 Å². The van der Waals surface area contributed by atoms with E-state index in [1.54, 1.807) is 0 Å². The molecule has 0 atom stereocenters. The second-order valence-corrected chi connectivity index (χ2v) is 8.01. The van der Waals surface area contributed by atoms with Crippen LogP contribution in [0, 0.1) is 5.82 Å². The number of rotatable bonds is 6. The van der Waals surface area contributed by atoms with E-state index in [0.29, 0.717) is 0 Å². The first-order chi connectivity index (χ1) is 14.6. The zero-order valence-corrected chi connectivity index (χ0v) is 17.9. The summed E-state index contributed by atoms with van der Waals surface area (Å²) >= 11 is 1.16. The van der Waals surface area contributed by atoms with Crippen molar-refractivity contribution in [3.05, 3.63) is 66.5 Å². The van der Waals surface area contributed by atoms with Gasteiger partial charge in [-0.25, -0.2) is 14.3 Å². The monoisotopic (exact) mass is 425 g/mol. The van der Waals surface area contributed by atoms with Crippen LogP contribution in [0.15, 0.2) is 65.6 Å². The maximum atomic E-state index is 13.4. The van der Waals surface area contributed by atoms with Gasteiger partial charge in [0.25, 0.3) is 0 Å². The highest BCUT2D eigenvalue weighted by Crippen LogP contribution is 2.31. The fourth-order valence-corrected chi connectivity index (χ4v) is 3.82. The van der Waals surface area contributed by atoms with Crippen LogP contribution >= 0.6 is 12.0 Å². The number of benzene rings is 2. The van der Waals surface area contributed by atoms with Crippen molar-refractivity contribution in [3.63, 3.8) is 0 Å². The summed E-state index contributed by atoms with van der Waals surface area (Å²) in [4.78, 5) is 15.2. The number of hydrogen-bond acceptors (Lipinski definition) is 6. The van der Waals surface area contributed by atoms with Gasteiger partial charge in [-0.1, -0.05) is 24.3 Å². The van der Waals surface area contributed by atoms with Crippen LogP contribution in [0.3, 0.4) is 0 Å². The quantitative estimate of drug-likeness (QED) is 0.318. The largest absolute Gasteiger partial charge is 0.354 e. The van der Waals surface area contributed by atoms with Gasteiger partial charge in [-0.15, -0.1) is 0 Å². The van der Waals surface area contributed by atoms with Crippen molar-refractivity contribution < 1.29 is 13.6 Å². The van der Waals surface area contributed by atoms with Gasteiger partial charge in [0.15, 0.2) is 0 Å². The molecule has 0 amide bonds. The van der Waals surface area contributed by atoms with Crippen LogP contribution in [-0.2, 0) is 9.22 Å². The van der Waals surface area contributed by atoms with Gasteiger partial charge in [0.2, 0.25) is 0 Å². The molecular weight excluding hydrogens is 401 g/mol. The summed E-state index contributed by atoms with van der Waals surface area (Å²) < 4.78 is 18.4. The van der Waals surface area contributed by atoms with Crippen molar-refractivity contribution in [3.8, 4) is 22.4 Å². The minimum Gasteiger partial charge on any atom is -0.354 e. The topological polar surface area (TPSA) is 37.8 Å². The number of pyridine rings is 1. The van der Waals surface area contributed by atoms with E-state index >= 15 is 0 Å². The maximum absolute atomic E-state index is 13.4. The van der Waals surface area contributed by atoms with Gasteiger partial charge in [0.05, 0.1) is 24.8 Å². The minimum atomic E-state index is -0.237. The molecule has 7 heteroatoms. The van der Waals surface area contributed by atoms with Crippen LogP contribution in [0.5, 0.6) is 0 Å². The Morgan fingerprint density at radius 2 is 1.53 bits per heavy atom. The highest BCUT2D eigenvalue weighted by molar-refractivity contribution is 7.94. The van der Waals surface area contributed by atoms with Gasteiger partial charge >= 0.3 is 0 Å². The Labute approximate surface area is 180 Å². The van der Waals surface area contributed by atoms with Crippen molar-refractivity contribution in [2.24, 2.45) is 0 Å². The van der Waals surface area contributed by atoms with Crippen LogP contribution in [0.2, 0.25) is 0 Å². The Hall–Kier alpha value is -2.45. The summed E-state index contributed by atoms with van der Waals surface area (Å²) in [5, 5.41) is 0. The molecule has 0 saturated carbocycles. The van der Waals surface area contributed by atoms with E-state index < -0.39 is 0 Å². The first-order valence-electron chi connectivity index (χ1n) is 9.82. The SMILES string of the molecule is COOSc1ccc(-c2cc(-c3ccc(F)cc3)cc(N3CCN(C)CC3)n2)cc1. The molecule has 0 spiro atoms. The maximum Gasteiger partial charge on any atom is 0.129 e. The van der Waals surface area contributed by atoms with Gasteiger partial charge in [-0.3, -0.25) is 0 Å². The molecule has 2 aromatic carbocycles. The first kappa shape index (κ1) is 20.8. The molecule has 0 N–H and O–H groups in total. The van der Waals surface area contributed by atoms with E-state index in [1.165, 1.54) is 19.2 Å². The Balaban J connectivity index is 1.70. The van der Waals surface area contributed by atoms with Crippen LogP contribution < -0.4 is 4.90 Å². The van der Waals surface area contributed by atoms with E-state index in [2.05, 4.69) is 33.9 Å². The van der Waals surface area contributed by atoms with Crippen molar-refractivity contribution in [1.29, 1.82) is 0 Å². The van der Waals surface area contributed by atoms with Crippen LogP contribution in [0.1, 0.15) is 0 Å². The molecule has 2 heterocycles. The highest BCUT2D eigenvalue weighted by atomic mass is 32.2. The van der Waals surface area contributed by atoms with Gasteiger partial charge in [0.1, 0.15) is 11.6 Å². The highest BCUT2D eigenvalue weighted by Gasteiger charge is 2.17. The lowest BCUT2D eigenvalue weighted by Gasteiger charge is -2.33. The third-order valence-corrected chi connectivity index (χ3v) is 5.83. The fourth-order valence-electron chi connectivity index (χ4n) is 3.42. The standard InChI is InChI=1S/C23H24FN3O2S/c1-26-11-13-27(14-12-26)23-16-19(17-3-7-20(24)8-4-17)15-22(25-23)18-5-9-21(10-6-18)30-29-28-2/h3-10,15-16H,11-14H2,1-2H3. The average molecular weight is 426 g/mol. The molecule has 0 aliphatic carbocycles. The van der Waals surface area contributed by atoms with Crippen molar-refractivity contribution >= 4 is 17.9 Å². The molecule has 4 rings (SSSR count). The molecule has 0 unspecified atom stereocenters. The molecule has 1 saturated heterocycles. The van der Waals surface area contributed by atoms with Crippen molar-refractivity contribution in [2.45, 2.75) is 4.90 Å². The molecule has 1 aromatic heterocycles. The smallest absolute Gasteiger partial charge is 0.129 e. The van der Waals surface area contributed by atoms with E-state index in [-0.39, 0.29) is 5.82 Å². The lowest BCUT2D eigenvalue weighted by molar-refractivity contribution is -0.160. The normalized spacial score (nSPS) is 14.8. The molecule has 1 fully saturated rings. The fraction of sp³-hybridized carbons (Fsp3) is 0.261. The van der Waals surface area contributed by atoms with Crippen LogP contribution in [0.4, 0.5) is 10.2 Å². The second kappa shape index (κ2) is 9.57. The lowest BCUT2D eigenvalue weighted by Crippen LogP contribution is -2.44. The Bertz CT molecular complexity index is 975. The summed E-state index contributed by atoms with van der Waals surface area (Å²) in [5.41, 5.74) is 3.89. The molecule has 5 nitrogen and oxygen atoms in total. The third-order valence-electron chi connectivity index (χ3n) is 5.17. The summed E-state index contributed by atoms with van der Waals surface area (Å²) in [6.07, 6.45) is 0. The lowest BCUT2D eigenvalue weighted by atomic mass is 10.0. The number of anilines is 1. The molecule has 1 aliphatic heterocycles. The third kappa shape index (κ3) is 4.99. The van der Waals surface area contributed by atoms with E-state index in [9.17, 15) is 4.39 Å². The number of likely N-dealkylation sites (N-methyl/N-ethyl adjacent to an activating group) is 1.